The van der Waals surface area contributed by atoms with Crippen LogP contribution in [0.15, 0.2) is 36.4 Å². The Balaban J connectivity index is 0.00000264. The molecule has 2 aromatic heterocycles. The molecule has 0 saturated carbocycles. The molecule has 0 aliphatic heterocycles. The van der Waals surface area contributed by atoms with Crippen LogP contribution in [0, 0.1) is 0 Å². The number of carboxylic acid groups (broad SMARTS) is 2. The first-order valence-electron chi connectivity index (χ1n) is 6.31. The number of carbonyl (C=O) groups is 2. The average Bonchev–Trinajstić information content (AvgIpc) is 2.54. The maximum absolute atomic E-state index is 10.9. The molecule has 0 saturated heterocycles. The summed E-state index contributed by atoms with van der Waals surface area (Å²) in [5.74, 6) is -2.84. The molecular weight excluding hydrogens is 347 g/mol. The molecule has 2 heterocycles. The van der Waals surface area contributed by atoms with Crippen LogP contribution in [-0.2, 0) is 26.8 Å². The predicted octanol–water partition coefficient (Wildman–Crippen LogP) is -0.889. The monoisotopic (exact) mass is 358 g/mol. The zero-order valence-corrected chi connectivity index (χ0v) is 13.2. The van der Waals surface area contributed by atoms with E-state index in [9.17, 15) is 19.8 Å². The van der Waals surface area contributed by atoms with Crippen molar-refractivity contribution in [3.05, 3.63) is 59.2 Å². The molecule has 0 fully saturated rings. The molecule has 23 heavy (non-hydrogen) atoms. The Labute approximate surface area is 142 Å². The summed E-state index contributed by atoms with van der Waals surface area (Å²) in [5.41, 5.74) is -1.20. The van der Waals surface area contributed by atoms with Crippen molar-refractivity contribution in [1.82, 2.24) is 9.97 Å². The van der Waals surface area contributed by atoms with Gasteiger partial charge < -0.3 is 24.5 Å². The summed E-state index contributed by atoms with van der Waals surface area (Å²) in [6, 6.07) is 8.69. The van der Waals surface area contributed by atoms with E-state index < -0.39 is 17.5 Å². The summed E-state index contributed by atoms with van der Waals surface area (Å²) in [7, 11) is 1.39. The van der Waals surface area contributed by atoms with E-state index in [0.717, 1.165) is 0 Å². The minimum atomic E-state index is -1.42. The third kappa shape index (κ3) is 3.72. The molecular formula is C15H12N2NiO5. The molecule has 0 amide bonds. The fourth-order valence-corrected chi connectivity index (χ4v) is 1.97. The van der Waals surface area contributed by atoms with E-state index in [2.05, 4.69) is 9.97 Å². The number of pyridine rings is 2. The van der Waals surface area contributed by atoms with Gasteiger partial charge in [0.2, 0.25) is 0 Å². The van der Waals surface area contributed by atoms with Gasteiger partial charge in [-0.2, -0.15) is 0 Å². The van der Waals surface area contributed by atoms with Crippen molar-refractivity contribution < 1.29 is 41.0 Å². The number of methoxy groups -OCH3 is 1. The van der Waals surface area contributed by atoms with E-state index in [1.807, 2.05) is 0 Å². The normalized spacial score (nSPS) is 10.7. The van der Waals surface area contributed by atoms with Gasteiger partial charge in [-0.1, -0.05) is 12.1 Å². The average molecular weight is 359 g/mol. The van der Waals surface area contributed by atoms with Gasteiger partial charge in [-0.15, -0.1) is 0 Å². The van der Waals surface area contributed by atoms with Crippen molar-refractivity contribution >= 4 is 11.9 Å². The third-order valence-corrected chi connectivity index (χ3v) is 3.30. The first kappa shape index (κ1) is 18.7. The number of ether oxygens (including phenoxy) is 1. The van der Waals surface area contributed by atoms with Crippen molar-refractivity contribution in [3.8, 4) is 0 Å². The molecule has 0 atom stereocenters. The second-order valence-corrected chi connectivity index (χ2v) is 4.63. The second-order valence-electron chi connectivity index (χ2n) is 4.63. The van der Waals surface area contributed by atoms with Gasteiger partial charge in [0, 0.05) is 7.11 Å². The van der Waals surface area contributed by atoms with Crippen LogP contribution in [0.5, 0.6) is 0 Å². The van der Waals surface area contributed by atoms with E-state index in [4.69, 9.17) is 4.74 Å². The summed E-state index contributed by atoms with van der Waals surface area (Å²) in [6.45, 7) is 1.61. The van der Waals surface area contributed by atoms with Crippen molar-refractivity contribution in [3.63, 3.8) is 0 Å². The van der Waals surface area contributed by atoms with Crippen LogP contribution in [-0.4, -0.2) is 29.0 Å². The smallest absolute Gasteiger partial charge is 0.543 e. The van der Waals surface area contributed by atoms with Gasteiger partial charge >= 0.3 is 16.5 Å². The van der Waals surface area contributed by atoms with Gasteiger partial charge in [-0.05, 0) is 31.2 Å². The molecule has 0 radical (unpaired) electrons. The number of carbonyl (C=O) groups excluding carboxylic acids is 2. The van der Waals surface area contributed by atoms with Gasteiger partial charge in [0.15, 0.2) is 0 Å². The Morgan fingerprint density at radius 3 is 1.65 bits per heavy atom. The molecule has 8 heteroatoms. The Bertz CT molecular complexity index is 678. The summed E-state index contributed by atoms with van der Waals surface area (Å²) < 4.78 is 5.43. The van der Waals surface area contributed by atoms with Crippen LogP contribution in [0.1, 0.15) is 39.3 Å². The van der Waals surface area contributed by atoms with Crippen molar-refractivity contribution in [2.45, 2.75) is 12.5 Å². The fraction of sp³-hybridized carbons (Fsp3) is 0.200. The number of rotatable bonds is 5. The standard InChI is InChI=1S/C15H14N2O5.Ni/c1-15(22-2,11-7-3-5-9(16-11)13(18)19)12-8-4-6-10(17-12)14(20)21;/h3-8H,1-2H3,(H,18,19)(H,20,21);/q;+2/p-2. The minimum Gasteiger partial charge on any atom is -0.543 e. The molecule has 7 nitrogen and oxygen atoms in total. The van der Waals surface area contributed by atoms with E-state index in [0.29, 0.717) is 0 Å². The Kier molecular flexibility index (Phi) is 5.95. The molecule has 0 aliphatic rings. The number of aromatic nitrogens is 2. The summed E-state index contributed by atoms with van der Waals surface area (Å²) in [5, 5.41) is 21.9. The number of hydrogen-bond acceptors (Lipinski definition) is 7. The Morgan fingerprint density at radius 2 is 1.35 bits per heavy atom. The van der Waals surface area contributed by atoms with Crippen LogP contribution in [0.25, 0.3) is 0 Å². The van der Waals surface area contributed by atoms with Crippen LogP contribution in [0.4, 0.5) is 0 Å². The molecule has 2 rings (SSSR count). The minimum absolute atomic E-state index is 0. The van der Waals surface area contributed by atoms with Gasteiger partial charge in [-0.25, -0.2) is 9.97 Å². The van der Waals surface area contributed by atoms with Crippen molar-refractivity contribution in [2.24, 2.45) is 0 Å². The number of aromatic carboxylic acids is 2. The van der Waals surface area contributed by atoms with E-state index in [1.54, 1.807) is 19.1 Å². The first-order chi connectivity index (χ1) is 10.4. The fourth-order valence-electron chi connectivity index (χ4n) is 1.97. The van der Waals surface area contributed by atoms with Gasteiger partial charge in [0.25, 0.3) is 0 Å². The largest absolute Gasteiger partial charge is 2.00 e. The molecule has 0 N–H and O–H groups in total. The molecule has 0 aliphatic carbocycles. The molecule has 122 valence electrons. The van der Waals surface area contributed by atoms with Crippen LogP contribution < -0.4 is 10.2 Å². The first-order valence-corrected chi connectivity index (χ1v) is 6.31. The quantitative estimate of drug-likeness (QED) is 0.636. The van der Waals surface area contributed by atoms with Crippen LogP contribution in [0.2, 0.25) is 0 Å². The molecule has 0 aromatic carbocycles. The van der Waals surface area contributed by atoms with Gasteiger partial charge in [-0.3, -0.25) is 0 Å². The van der Waals surface area contributed by atoms with E-state index in [-0.39, 0.29) is 39.3 Å². The topological polar surface area (TPSA) is 115 Å². The van der Waals surface area contributed by atoms with Crippen LogP contribution >= 0.6 is 0 Å². The molecule has 0 bridgehead atoms. The van der Waals surface area contributed by atoms with Crippen molar-refractivity contribution in [1.29, 1.82) is 0 Å². The maximum atomic E-state index is 10.9. The Morgan fingerprint density at radius 1 is 0.957 bits per heavy atom. The van der Waals surface area contributed by atoms with E-state index in [1.165, 1.54) is 31.4 Å². The number of nitrogens with zero attached hydrogens (tertiary/aromatic N) is 2. The Hall–Kier alpha value is -2.31. The number of hydrogen-bond donors (Lipinski definition) is 0. The predicted molar refractivity (Wildman–Crippen MR) is 70.6 cm³/mol. The third-order valence-electron chi connectivity index (χ3n) is 3.30. The maximum Gasteiger partial charge on any atom is 2.00 e. The van der Waals surface area contributed by atoms with Crippen LogP contribution in [0.3, 0.4) is 0 Å². The molecule has 2 aromatic rings. The summed E-state index contributed by atoms with van der Waals surface area (Å²) >= 11 is 0. The summed E-state index contributed by atoms with van der Waals surface area (Å²) in [4.78, 5) is 29.8. The zero-order chi connectivity index (χ0) is 16.3. The van der Waals surface area contributed by atoms with E-state index >= 15 is 0 Å². The van der Waals surface area contributed by atoms with Crippen molar-refractivity contribution in [2.75, 3.05) is 7.11 Å². The summed E-state index contributed by atoms with van der Waals surface area (Å²) in [6.07, 6.45) is 0. The number of carboxylic acids is 2. The zero-order valence-electron chi connectivity index (χ0n) is 12.2. The molecule has 0 spiro atoms. The molecule has 0 unspecified atom stereocenters. The second kappa shape index (κ2) is 7.30. The SMILES string of the molecule is COC(C)(c1cccc(C(=O)[O-])n1)c1cccc(C(=O)[O-])n1.[Ni+2]. The van der Waals surface area contributed by atoms with Gasteiger partial charge in [0.05, 0.1) is 34.7 Å². The van der Waals surface area contributed by atoms with Gasteiger partial charge in [0.1, 0.15) is 5.60 Å².